The molecule has 0 aromatic carbocycles. The molecule has 1 heterocycles. The lowest BCUT2D eigenvalue weighted by molar-refractivity contribution is -0.0165. The summed E-state index contributed by atoms with van der Waals surface area (Å²) < 4.78 is 0. The molecule has 1 saturated carbocycles. The molecular formula is C14H27NO2. The molecule has 1 aliphatic heterocycles. The van der Waals surface area contributed by atoms with Crippen LogP contribution in [0, 0.1) is 5.92 Å². The summed E-state index contributed by atoms with van der Waals surface area (Å²) in [5.41, 5.74) is -0.460. The number of nitrogens with zero attached hydrogens (tertiary/aromatic N) is 1. The average Bonchev–Trinajstić information content (AvgIpc) is 2.47. The summed E-state index contributed by atoms with van der Waals surface area (Å²) >= 11 is 0. The van der Waals surface area contributed by atoms with Crippen molar-refractivity contribution in [2.75, 3.05) is 19.6 Å². The van der Waals surface area contributed by atoms with Crippen LogP contribution in [0.2, 0.25) is 0 Å². The molecule has 3 heteroatoms. The summed E-state index contributed by atoms with van der Waals surface area (Å²) in [4.78, 5) is 2.43. The Kier molecular flexibility index (Phi) is 4.45. The molecule has 2 rings (SSSR count). The molecule has 0 aromatic heterocycles. The Bertz CT molecular complexity index is 232. The van der Waals surface area contributed by atoms with Crippen molar-refractivity contribution in [1.82, 2.24) is 4.90 Å². The van der Waals surface area contributed by atoms with Gasteiger partial charge in [0, 0.05) is 19.6 Å². The molecule has 0 radical (unpaired) electrons. The third kappa shape index (κ3) is 3.94. The van der Waals surface area contributed by atoms with E-state index in [0.717, 1.165) is 38.9 Å². The van der Waals surface area contributed by atoms with Gasteiger partial charge in [-0.3, -0.25) is 0 Å². The zero-order valence-corrected chi connectivity index (χ0v) is 11.1. The number of likely N-dealkylation sites (tertiary alicyclic amines) is 1. The van der Waals surface area contributed by atoms with E-state index in [4.69, 9.17) is 0 Å². The zero-order valence-electron chi connectivity index (χ0n) is 11.1. The lowest BCUT2D eigenvalue weighted by Gasteiger charge is -2.38. The van der Waals surface area contributed by atoms with Crippen LogP contribution in [0.15, 0.2) is 0 Å². The predicted octanol–water partition coefficient (Wildman–Crippen LogP) is 1.77. The van der Waals surface area contributed by atoms with Crippen LogP contribution in [0.5, 0.6) is 0 Å². The molecular weight excluding hydrogens is 214 g/mol. The summed E-state index contributed by atoms with van der Waals surface area (Å²) in [5.74, 6) is 0.459. The quantitative estimate of drug-likeness (QED) is 0.724. The van der Waals surface area contributed by atoms with Crippen LogP contribution in [0.3, 0.4) is 0 Å². The van der Waals surface area contributed by atoms with Gasteiger partial charge in [0.2, 0.25) is 0 Å². The minimum absolute atomic E-state index is 0.0973. The maximum Gasteiger partial charge on any atom is 0.0644 e. The van der Waals surface area contributed by atoms with Crippen molar-refractivity contribution in [3.05, 3.63) is 0 Å². The number of aliphatic hydroxyl groups is 2. The number of hydrogen-bond donors (Lipinski definition) is 2. The molecule has 2 aliphatic rings. The van der Waals surface area contributed by atoms with Gasteiger partial charge >= 0.3 is 0 Å². The first-order valence-electron chi connectivity index (χ1n) is 7.20. The summed E-state index contributed by atoms with van der Waals surface area (Å²) in [6.45, 7) is 4.93. The molecule has 0 amide bonds. The smallest absolute Gasteiger partial charge is 0.0644 e. The molecule has 0 spiro atoms. The Hall–Kier alpha value is -0.120. The molecule has 3 nitrogen and oxygen atoms in total. The van der Waals surface area contributed by atoms with Crippen LogP contribution in [0.25, 0.3) is 0 Å². The lowest BCUT2D eigenvalue weighted by Crippen LogP contribution is -2.45. The summed E-state index contributed by atoms with van der Waals surface area (Å²) in [6.07, 6.45) is 7.54. The summed E-state index contributed by atoms with van der Waals surface area (Å²) in [7, 11) is 0. The minimum atomic E-state index is -0.460. The molecule has 2 atom stereocenters. The third-order valence-corrected chi connectivity index (χ3v) is 4.54. The van der Waals surface area contributed by atoms with E-state index in [-0.39, 0.29) is 6.10 Å². The topological polar surface area (TPSA) is 43.7 Å². The van der Waals surface area contributed by atoms with E-state index < -0.39 is 5.60 Å². The fourth-order valence-corrected chi connectivity index (χ4v) is 3.13. The molecule has 2 N–H and O–H groups in total. The van der Waals surface area contributed by atoms with Crippen LogP contribution in [-0.2, 0) is 0 Å². The van der Waals surface area contributed by atoms with Gasteiger partial charge in [-0.15, -0.1) is 0 Å². The van der Waals surface area contributed by atoms with Crippen molar-refractivity contribution < 1.29 is 10.2 Å². The van der Waals surface area contributed by atoms with Gasteiger partial charge < -0.3 is 15.1 Å². The first kappa shape index (κ1) is 13.3. The fourth-order valence-electron chi connectivity index (χ4n) is 3.13. The van der Waals surface area contributed by atoms with Crippen molar-refractivity contribution >= 4 is 0 Å². The van der Waals surface area contributed by atoms with E-state index in [1.54, 1.807) is 0 Å². The summed E-state index contributed by atoms with van der Waals surface area (Å²) in [5, 5.41) is 20.0. The van der Waals surface area contributed by atoms with Crippen LogP contribution in [0.4, 0.5) is 0 Å². The molecule has 1 aliphatic carbocycles. The van der Waals surface area contributed by atoms with Gasteiger partial charge in [-0.25, -0.2) is 0 Å². The van der Waals surface area contributed by atoms with Crippen molar-refractivity contribution in [2.45, 2.75) is 63.6 Å². The largest absolute Gasteiger partial charge is 0.393 e. The minimum Gasteiger partial charge on any atom is -0.393 e. The van der Waals surface area contributed by atoms with Crippen LogP contribution < -0.4 is 0 Å². The van der Waals surface area contributed by atoms with Crippen molar-refractivity contribution in [2.24, 2.45) is 5.92 Å². The molecule has 0 bridgehead atoms. The lowest BCUT2D eigenvalue weighted by atomic mass is 9.91. The third-order valence-electron chi connectivity index (χ3n) is 4.54. The van der Waals surface area contributed by atoms with Crippen molar-refractivity contribution in [3.63, 3.8) is 0 Å². The molecule has 2 fully saturated rings. The highest BCUT2D eigenvalue weighted by Crippen LogP contribution is 2.27. The standard InChI is InChI=1S/C14H27NO2/c1-14(17)7-9-15(10-8-14)11-12-5-3-2-4-6-13(12)16/h12-13,16-17H,2-11H2,1H3. The number of aliphatic hydroxyl groups excluding tert-OH is 1. The SMILES string of the molecule is CC1(O)CCN(CC2CCCCCC2O)CC1. The molecule has 100 valence electrons. The number of piperidine rings is 1. The van der Waals surface area contributed by atoms with E-state index in [9.17, 15) is 10.2 Å². The Labute approximate surface area is 105 Å². The van der Waals surface area contributed by atoms with Gasteiger partial charge in [-0.1, -0.05) is 19.3 Å². The predicted molar refractivity (Wildman–Crippen MR) is 68.9 cm³/mol. The van der Waals surface area contributed by atoms with Crippen LogP contribution >= 0.6 is 0 Å². The van der Waals surface area contributed by atoms with E-state index >= 15 is 0 Å². The van der Waals surface area contributed by atoms with E-state index in [1.807, 2.05) is 6.92 Å². The van der Waals surface area contributed by atoms with E-state index in [0.29, 0.717) is 5.92 Å². The normalized spacial score (nSPS) is 35.5. The van der Waals surface area contributed by atoms with Gasteiger partial charge in [0.15, 0.2) is 0 Å². The Balaban J connectivity index is 1.80. The van der Waals surface area contributed by atoms with E-state index in [2.05, 4.69) is 4.90 Å². The highest BCUT2D eigenvalue weighted by molar-refractivity contribution is 4.84. The number of rotatable bonds is 2. The Morgan fingerprint density at radius 1 is 1.12 bits per heavy atom. The average molecular weight is 241 g/mol. The van der Waals surface area contributed by atoms with Gasteiger partial charge in [-0.2, -0.15) is 0 Å². The maximum atomic E-state index is 10.1. The van der Waals surface area contributed by atoms with Gasteiger partial charge in [0.1, 0.15) is 0 Å². The van der Waals surface area contributed by atoms with Crippen LogP contribution in [0.1, 0.15) is 51.9 Å². The number of hydrogen-bond acceptors (Lipinski definition) is 3. The highest BCUT2D eigenvalue weighted by Gasteiger charge is 2.30. The van der Waals surface area contributed by atoms with Gasteiger partial charge in [0.25, 0.3) is 0 Å². The maximum absolute atomic E-state index is 10.1. The second kappa shape index (κ2) is 5.68. The van der Waals surface area contributed by atoms with E-state index in [1.165, 1.54) is 25.7 Å². The van der Waals surface area contributed by atoms with Crippen molar-refractivity contribution in [3.8, 4) is 0 Å². The second-order valence-corrected chi connectivity index (χ2v) is 6.26. The monoisotopic (exact) mass is 241 g/mol. The fraction of sp³-hybridized carbons (Fsp3) is 1.00. The zero-order chi connectivity index (χ0) is 12.3. The van der Waals surface area contributed by atoms with Gasteiger partial charge in [0.05, 0.1) is 11.7 Å². The molecule has 0 aromatic rings. The van der Waals surface area contributed by atoms with Crippen molar-refractivity contribution in [1.29, 1.82) is 0 Å². The molecule has 17 heavy (non-hydrogen) atoms. The first-order chi connectivity index (χ1) is 8.07. The molecule has 1 saturated heterocycles. The second-order valence-electron chi connectivity index (χ2n) is 6.26. The Morgan fingerprint density at radius 2 is 1.76 bits per heavy atom. The highest BCUT2D eigenvalue weighted by atomic mass is 16.3. The summed E-state index contributed by atoms with van der Waals surface area (Å²) in [6, 6.07) is 0. The van der Waals surface area contributed by atoms with Crippen LogP contribution in [-0.4, -0.2) is 46.5 Å². The molecule has 2 unspecified atom stereocenters. The van der Waals surface area contributed by atoms with Gasteiger partial charge in [-0.05, 0) is 38.5 Å². The Morgan fingerprint density at radius 3 is 2.47 bits per heavy atom. The first-order valence-corrected chi connectivity index (χ1v) is 7.20.